The van der Waals surface area contributed by atoms with E-state index in [0.29, 0.717) is 12.8 Å². The third-order valence-electron chi connectivity index (χ3n) is 3.43. The van der Waals surface area contributed by atoms with Gasteiger partial charge in [0.15, 0.2) is 6.04 Å². The van der Waals surface area contributed by atoms with Crippen molar-refractivity contribution in [3.05, 3.63) is 12.7 Å². The summed E-state index contributed by atoms with van der Waals surface area (Å²) in [5, 5.41) is 6.59. The molecule has 20 heavy (non-hydrogen) atoms. The minimum atomic E-state index is -4.36. The van der Waals surface area contributed by atoms with Gasteiger partial charge >= 0.3 is 6.18 Å². The summed E-state index contributed by atoms with van der Waals surface area (Å²) in [5.74, 6) is 0. The Morgan fingerprint density at radius 2 is 2.00 bits per heavy atom. The third-order valence-corrected chi connectivity index (χ3v) is 3.43. The summed E-state index contributed by atoms with van der Waals surface area (Å²) in [4.78, 5) is 3.58. The van der Waals surface area contributed by atoms with Crippen LogP contribution in [0.2, 0.25) is 0 Å². The van der Waals surface area contributed by atoms with Crippen LogP contribution in [0.25, 0.3) is 0 Å². The molecule has 1 aromatic heterocycles. The fraction of sp³-hybridized carbons (Fsp3) is 0.833. The molecule has 1 saturated heterocycles. The van der Waals surface area contributed by atoms with Gasteiger partial charge in [0.1, 0.15) is 12.7 Å². The summed E-state index contributed by atoms with van der Waals surface area (Å²) in [5.41, 5.74) is 0. The molecule has 2 heterocycles. The molecule has 1 aliphatic heterocycles. The highest BCUT2D eigenvalue weighted by Crippen LogP contribution is 2.29. The van der Waals surface area contributed by atoms with Gasteiger partial charge in [0.25, 0.3) is 0 Å². The molecular weight excluding hydrogens is 273 g/mol. The summed E-state index contributed by atoms with van der Waals surface area (Å²) < 4.78 is 45.5. The molecule has 8 heteroatoms. The molecule has 1 aromatic rings. The number of hydrogen-bond acceptors (Lipinski definition) is 4. The minimum absolute atomic E-state index is 0.0297. The lowest BCUT2D eigenvalue weighted by molar-refractivity contribution is -0.170. The van der Waals surface area contributed by atoms with Gasteiger partial charge in [-0.15, -0.1) is 0 Å². The zero-order valence-corrected chi connectivity index (χ0v) is 11.5. The first-order valence-electron chi connectivity index (χ1n) is 6.66. The molecule has 1 N–H and O–H groups in total. The Hall–Kier alpha value is -1.15. The zero-order chi connectivity index (χ0) is 14.8. The molecule has 4 atom stereocenters. The molecule has 0 aromatic carbocycles. The number of halogens is 3. The molecule has 0 amide bonds. The van der Waals surface area contributed by atoms with Gasteiger partial charge in [0.2, 0.25) is 0 Å². The summed E-state index contributed by atoms with van der Waals surface area (Å²) in [6.07, 6.45) is -0.604. The standard InChI is InChI=1S/C12H19F3N4O/c1-8-3-10(4-9(2)20-8)17-5-11(12(13,14)15)19-7-16-6-18-19/h6-11,17H,3-5H2,1-2H3/t8-,9+,10?,11?. The molecule has 1 aliphatic rings. The summed E-state index contributed by atoms with van der Waals surface area (Å²) in [7, 11) is 0. The van der Waals surface area contributed by atoms with Crippen molar-refractivity contribution in [3.8, 4) is 0 Å². The van der Waals surface area contributed by atoms with Crippen LogP contribution in [0.3, 0.4) is 0 Å². The quantitative estimate of drug-likeness (QED) is 0.921. The Balaban J connectivity index is 1.96. The van der Waals surface area contributed by atoms with Crippen LogP contribution < -0.4 is 5.32 Å². The molecular formula is C12H19F3N4O. The number of alkyl halides is 3. The van der Waals surface area contributed by atoms with Gasteiger partial charge in [0.05, 0.1) is 12.2 Å². The van der Waals surface area contributed by atoms with Crippen molar-refractivity contribution in [3.63, 3.8) is 0 Å². The third kappa shape index (κ3) is 3.92. The highest BCUT2D eigenvalue weighted by Gasteiger charge is 2.42. The fourth-order valence-electron chi connectivity index (χ4n) is 2.59. The van der Waals surface area contributed by atoms with Crippen LogP contribution in [-0.2, 0) is 4.74 Å². The molecule has 2 rings (SSSR count). The van der Waals surface area contributed by atoms with Gasteiger partial charge in [-0.1, -0.05) is 0 Å². The van der Waals surface area contributed by atoms with Gasteiger partial charge in [-0.25, -0.2) is 9.67 Å². The van der Waals surface area contributed by atoms with E-state index in [4.69, 9.17) is 4.74 Å². The number of ether oxygens (including phenoxy) is 1. The number of nitrogens with one attached hydrogen (secondary N) is 1. The van der Waals surface area contributed by atoms with Crippen LogP contribution in [0.15, 0.2) is 12.7 Å². The lowest BCUT2D eigenvalue weighted by atomic mass is 9.99. The van der Waals surface area contributed by atoms with Crippen molar-refractivity contribution in [2.24, 2.45) is 0 Å². The highest BCUT2D eigenvalue weighted by atomic mass is 19.4. The maximum atomic E-state index is 13.0. The smallest absolute Gasteiger partial charge is 0.375 e. The van der Waals surface area contributed by atoms with Crippen LogP contribution >= 0.6 is 0 Å². The number of hydrogen-bond donors (Lipinski definition) is 1. The lowest BCUT2D eigenvalue weighted by Crippen LogP contribution is -2.45. The van der Waals surface area contributed by atoms with Crippen molar-refractivity contribution in [1.29, 1.82) is 0 Å². The molecule has 2 unspecified atom stereocenters. The Labute approximate surface area is 115 Å². The van der Waals surface area contributed by atoms with E-state index in [1.165, 1.54) is 0 Å². The SMILES string of the molecule is C[C@@H]1CC(NCC(n2cncn2)C(F)(F)F)C[C@H](C)O1. The number of aromatic nitrogens is 3. The Bertz CT molecular complexity index is 399. The molecule has 0 saturated carbocycles. The summed E-state index contributed by atoms with van der Waals surface area (Å²) in [6, 6.07) is -1.67. The molecule has 0 aliphatic carbocycles. The summed E-state index contributed by atoms with van der Waals surface area (Å²) >= 11 is 0. The Kier molecular flexibility index (Phi) is 4.64. The van der Waals surface area contributed by atoms with E-state index >= 15 is 0 Å². The van der Waals surface area contributed by atoms with Gasteiger partial charge in [-0.05, 0) is 26.7 Å². The van der Waals surface area contributed by atoms with Gasteiger partial charge in [-0.2, -0.15) is 18.3 Å². The minimum Gasteiger partial charge on any atom is -0.375 e. The first-order valence-corrected chi connectivity index (χ1v) is 6.66. The average Bonchev–Trinajstić information content (AvgIpc) is 2.79. The van der Waals surface area contributed by atoms with Crippen LogP contribution in [0, 0.1) is 0 Å². The molecule has 0 spiro atoms. The van der Waals surface area contributed by atoms with Gasteiger partial charge in [0, 0.05) is 12.6 Å². The van der Waals surface area contributed by atoms with Crippen molar-refractivity contribution >= 4 is 0 Å². The van der Waals surface area contributed by atoms with Crippen LogP contribution in [0.1, 0.15) is 32.7 Å². The molecule has 5 nitrogen and oxygen atoms in total. The van der Waals surface area contributed by atoms with Gasteiger partial charge < -0.3 is 10.1 Å². The molecule has 114 valence electrons. The molecule has 0 radical (unpaired) electrons. The van der Waals surface area contributed by atoms with Crippen LogP contribution in [-0.4, -0.2) is 45.7 Å². The van der Waals surface area contributed by atoms with E-state index in [-0.39, 0.29) is 24.8 Å². The first-order chi connectivity index (χ1) is 9.36. The molecule has 0 bridgehead atoms. The number of nitrogens with zero attached hydrogens (tertiary/aromatic N) is 3. The van der Waals surface area contributed by atoms with E-state index in [2.05, 4.69) is 15.4 Å². The van der Waals surface area contributed by atoms with E-state index in [1.807, 2.05) is 13.8 Å². The number of rotatable bonds is 4. The molecule has 1 fully saturated rings. The maximum Gasteiger partial charge on any atom is 0.412 e. The Morgan fingerprint density at radius 1 is 1.35 bits per heavy atom. The van der Waals surface area contributed by atoms with E-state index in [1.54, 1.807) is 0 Å². The second kappa shape index (κ2) is 6.09. The van der Waals surface area contributed by atoms with Gasteiger partial charge in [-0.3, -0.25) is 0 Å². The van der Waals surface area contributed by atoms with Crippen molar-refractivity contribution in [2.45, 2.75) is 57.2 Å². The van der Waals surface area contributed by atoms with Crippen LogP contribution in [0.5, 0.6) is 0 Å². The van der Waals surface area contributed by atoms with Crippen molar-refractivity contribution < 1.29 is 17.9 Å². The monoisotopic (exact) mass is 292 g/mol. The van der Waals surface area contributed by atoms with E-state index < -0.39 is 12.2 Å². The Morgan fingerprint density at radius 3 is 2.50 bits per heavy atom. The topological polar surface area (TPSA) is 52.0 Å². The van der Waals surface area contributed by atoms with E-state index in [9.17, 15) is 13.2 Å². The largest absolute Gasteiger partial charge is 0.412 e. The second-order valence-corrected chi connectivity index (χ2v) is 5.27. The average molecular weight is 292 g/mol. The van der Waals surface area contributed by atoms with Crippen LogP contribution in [0.4, 0.5) is 13.2 Å². The highest BCUT2D eigenvalue weighted by molar-refractivity contribution is 4.83. The van der Waals surface area contributed by atoms with Crippen molar-refractivity contribution in [1.82, 2.24) is 20.1 Å². The maximum absolute atomic E-state index is 13.0. The predicted molar refractivity (Wildman–Crippen MR) is 66.1 cm³/mol. The normalized spacial score (nSPS) is 29.4. The van der Waals surface area contributed by atoms with E-state index in [0.717, 1.165) is 17.3 Å². The summed E-state index contributed by atoms with van der Waals surface area (Å²) in [6.45, 7) is 3.66. The van der Waals surface area contributed by atoms with Crippen molar-refractivity contribution in [2.75, 3.05) is 6.54 Å². The lowest BCUT2D eigenvalue weighted by Gasteiger charge is -2.33. The first kappa shape index (κ1) is 15.2. The fourth-order valence-corrected chi connectivity index (χ4v) is 2.59. The predicted octanol–water partition coefficient (Wildman–Crippen LogP) is 1.93. The second-order valence-electron chi connectivity index (χ2n) is 5.27. The zero-order valence-electron chi connectivity index (χ0n) is 11.5.